The molecule has 0 fully saturated rings. The van der Waals surface area contributed by atoms with E-state index in [9.17, 15) is 19.2 Å². The first kappa shape index (κ1) is 30.1. The summed E-state index contributed by atoms with van der Waals surface area (Å²) < 4.78 is 10.4. The largest absolute Gasteiger partial charge is 0.466 e. The van der Waals surface area contributed by atoms with Gasteiger partial charge in [0.05, 0.1) is 19.1 Å². The molecule has 1 unspecified atom stereocenters. The fourth-order valence-corrected chi connectivity index (χ4v) is 4.12. The first-order valence-corrected chi connectivity index (χ1v) is 13.5. The van der Waals surface area contributed by atoms with Crippen molar-refractivity contribution in [2.24, 2.45) is 0 Å². The predicted octanol–water partition coefficient (Wildman–Crippen LogP) is 5.24. The third kappa shape index (κ3) is 10.0. The van der Waals surface area contributed by atoms with Gasteiger partial charge in [-0.2, -0.15) is 0 Å². The number of rotatable bonds is 10. The number of hydrogen-bond acceptors (Lipinski definition) is 8. The highest BCUT2D eigenvalue weighted by Gasteiger charge is 2.23. The molecule has 12 heteroatoms. The van der Waals surface area contributed by atoms with Crippen molar-refractivity contribution in [1.29, 1.82) is 0 Å². The van der Waals surface area contributed by atoms with Crippen LogP contribution in [-0.2, 0) is 20.8 Å². The molecule has 0 aliphatic carbocycles. The number of amides is 4. The number of anilines is 2. The van der Waals surface area contributed by atoms with Crippen molar-refractivity contribution in [2.45, 2.75) is 52.3 Å². The van der Waals surface area contributed by atoms with E-state index in [-0.39, 0.29) is 23.9 Å². The van der Waals surface area contributed by atoms with E-state index in [1.54, 1.807) is 52.0 Å². The molecule has 3 aromatic rings. The second-order valence-corrected chi connectivity index (χ2v) is 10.5. The summed E-state index contributed by atoms with van der Waals surface area (Å²) in [6.45, 7) is 7.50. The van der Waals surface area contributed by atoms with E-state index in [1.165, 1.54) is 5.38 Å². The zero-order valence-electron chi connectivity index (χ0n) is 22.8. The fraction of sp³-hybridized carbons (Fsp3) is 0.321. The maximum Gasteiger partial charge on any atom is 0.408 e. The molecule has 0 saturated heterocycles. The molecule has 0 saturated carbocycles. The molecule has 0 bridgehead atoms. The van der Waals surface area contributed by atoms with Crippen LogP contribution < -0.4 is 21.3 Å². The lowest BCUT2D eigenvalue weighted by Crippen LogP contribution is -2.36. The second kappa shape index (κ2) is 14.1. The van der Waals surface area contributed by atoms with Gasteiger partial charge in [0, 0.05) is 17.6 Å². The van der Waals surface area contributed by atoms with Crippen LogP contribution in [0.5, 0.6) is 0 Å². The molecule has 0 spiro atoms. The molecule has 11 nitrogen and oxygen atoms in total. The molecule has 40 heavy (non-hydrogen) atoms. The van der Waals surface area contributed by atoms with Crippen molar-refractivity contribution in [3.05, 3.63) is 76.8 Å². The summed E-state index contributed by atoms with van der Waals surface area (Å²) in [5.41, 5.74) is 1.49. The molecule has 0 radical (unpaired) electrons. The van der Waals surface area contributed by atoms with Gasteiger partial charge < -0.3 is 25.4 Å². The van der Waals surface area contributed by atoms with Crippen LogP contribution >= 0.6 is 11.3 Å². The lowest BCUT2D eigenvalue weighted by molar-refractivity contribution is -0.143. The third-order valence-corrected chi connectivity index (χ3v) is 5.95. The Morgan fingerprint density at radius 2 is 1.68 bits per heavy atom. The minimum absolute atomic E-state index is 0.0910. The Hall–Kier alpha value is -4.45. The topological polar surface area (TPSA) is 148 Å². The summed E-state index contributed by atoms with van der Waals surface area (Å²) in [4.78, 5) is 53.5. The lowest BCUT2D eigenvalue weighted by atomic mass is 10.0. The highest BCUT2D eigenvalue weighted by Crippen LogP contribution is 2.22. The zero-order valence-corrected chi connectivity index (χ0v) is 23.6. The maximum absolute atomic E-state index is 12.7. The molecule has 4 N–H and O–H groups in total. The van der Waals surface area contributed by atoms with Crippen LogP contribution in [0.1, 0.15) is 61.8 Å². The molecule has 0 aliphatic rings. The van der Waals surface area contributed by atoms with Gasteiger partial charge in [-0.1, -0.05) is 42.5 Å². The number of thiazole rings is 1. The van der Waals surface area contributed by atoms with Gasteiger partial charge in [0.1, 0.15) is 11.3 Å². The number of alkyl carbamates (subject to hydrolysis) is 1. The number of nitrogens with zero attached hydrogens (tertiary/aromatic N) is 1. The van der Waals surface area contributed by atoms with Crippen molar-refractivity contribution < 1.29 is 28.7 Å². The Kier molecular flexibility index (Phi) is 10.6. The minimum atomic E-state index is -0.705. The number of esters is 1. The molecule has 1 aromatic heterocycles. The average molecular weight is 568 g/mol. The second-order valence-electron chi connectivity index (χ2n) is 9.62. The van der Waals surface area contributed by atoms with E-state index in [0.29, 0.717) is 17.8 Å². The third-order valence-electron chi connectivity index (χ3n) is 5.19. The van der Waals surface area contributed by atoms with Gasteiger partial charge in [-0.3, -0.25) is 14.9 Å². The van der Waals surface area contributed by atoms with E-state index < -0.39 is 35.6 Å². The van der Waals surface area contributed by atoms with E-state index in [1.807, 2.05) is 30.3 Å². The number of urea groups is 1. The van der Waals surface area contributed by atoms with Crippen molar-refractivity contribution in [3.8, 4) is 0 Å². The quantitative estimate of drug-likeness (QED) is 0.245. The average Bonchev–Trinajstić information content (AvgIpc) is 3.36. The molecule has 2 aromatic carbocycles. The van der Waals surface area contributed by atoms with Crippen LogP contribution in [0, 0.1) is 0 Å². The number of carbonyl (C=O) groups excluding carboxylic acids is 4. The minimum Gasteiger partial charge on any atom is -0.466 e. The standard InChI is InChI=1S/C28H33N5O6S/c1-5-38-23(34)15-21(32-27(37)39-28(2,3)4)19-11-13-20(14-12-19)30-24(35)22-17-40-26(31-22)33-25(36)29-16-18-9-7-6-8-10-18/h6-14,17,21H,5,15-16H2,1-4H3,(H,30,35)(H,32,37)(H2,29,31,33,36). The van der Waals surface area contributed by atoms with E-state index in [2.05, 4.69) is 26.3 Å². The smallest absolute Gasteiger partial charge is 0.408 e. The van der Waals surface area contributed by atoms with Crippen LogP contribution in [0.25, 0.3) is 0 Å². The Morgan fingerprint density at radius 1 is 0.975 bits per heavy atom. The predicted molar refractivity (Wildman–Crippen MR) is 152 cm³/mol. The number of benzene rings is 2. The maximum atomic E-state index is 12.7. The van der Waals surface area contributed by atoms with E-state index in [4.69, 9.17) is 9.47 Å². The van der Waals surface area contributed by atoms with Crippen LogP contribution in [0.4, 0.5) is 20.4 Å². The van der Waals surface area contributed by atoms with Gasteiger partial charge in [-0.15, -0.1) is 11.3 Å². The Balaban J connectivity index is 1.58. The molecule has 3 rings (SSSR count). The monoisotopic (exact) mass is 567 g/mol. The van der Waals surface area contributed by atoms with Crippen molar-refractivity contribution in [1.82, 2.24) is 15.6 Å². The first-order chi connectivity index (χ1) is 19.0. The summed E-state index contributed by atoms with van der Waals surface area (Å²) in [6, 6.07) is 15.0. The summed E-state index contributed by atoms with van der Waals surface area (Å²) in [7, 11) is 0. The van der Waals surface area contributed by atoms with E-state index >= 15 is 0 Å². The number of nitrogens with one attached hydrogen (secondary N) is 4. The number of ether oxygens (including phenoxy) is 2. The Morgan fingerprint density at radius 3 is 2.33 bits per heavy atom. The summed E-state index contributed by atoms with van der Waals surface area (Å²) >= 11 is 1.12. The molecule has 1 atom stereocenters. The first-order valence-electron chi connectivity index (χ1n) is 12.6. The van der Waals surface area contributed by atoms with Gasteiger partial charge in [0.15, 0.2) is 5.13 Å². The lowest BCUT2D eigenvalue weighted by Gasteiger charge is -2.23. The van der Waals surface area contributed by atoms with Crippen molar-refractivity contribution in [3.63, 3.8) is 0 Å². The normalized spacial score (nSPS) is 11.6. The molecule has 0 aliphatic heterocycles. The van der Waals surface area contributed by atoms with Crippen molar-refractivity contribution >= 4 is 46.2 Å². The fourth-order valence-electron chi connectivity index (χ4n) is 3.44. The Bertz CT molecular complexity index is 1300. The molecular formula is C28H33N5O6S. The van der Waals surface area contributed by atoms with Gasteiger partial charge in [-0.05, 0) is 51.0 Å². The van der Waals surface area contributed by atoms with Crippen molar-refractivity contribution in [2.75, 3.05) is 17.2 Å². The highest BCUT2D eigenvalue weighted by atomic mass is 32.1. The Labute approximate surface area is 236 Å². The van der Waals surface area contributed by atoms with E-state index in [0.717, 1.165) is 16.9 Å². The SMILES string of the molecule is CCOC(=O)CC(NC(=O)OC(C)(C)C)c1ccc(NC(=O)c2csc(NC(=O)NCc3ccccc3)n2)cc1. The molecule has 1 heterocycles. The molecule has 212 valence electrons. The van der Waals surface area contributed by atoms with Gasteiger partial charge in [0.25, 0.3) is 5.91 Å². The summed E-state index contributed by atoms with van der Waals surface area (Å²) in [5, 5.41) is 12.6. The van der Waals surface area contributed by atoms with Gasteiger partial charge in [0.2, 0.25) is 0 Å². The van der Waals surface area contributed by atoms with Gasteiger partial charge in [-0.25, -0.2) is 14.6 Å². The summed E-state index contributed by atoms with van der Waals surface area (Å²) in [5.74, 6) is -0.931. The van der Waals surface area contributed by atoms with Gasteiger partial charge >= 0.3 is 18.1 Å². The highest BCUT2D eigenvalue weighted by molar-refractivity contribution is 7.14. The number of hydrogen-bond donors (Lipinski definition) is 4. The molecule has 4 amide bonds. The van der Waals surface area contributed by atoms with Crippen LogP contribution in [0.2, 0.25) is 0 Å². The number of carbonyl (C=O) groups is 4. The number of aromatic nitrogens is 1. The summed E-state index contributed by atoms with van der Waals surface area (Å²) in [6.07, 6.45) is -0.757. The van der Waals surface area contributed by atoms with Crippen LogP contribution in [0.3, 0.4) is 0 Å². The van der Waals surface area contributed by atoms with Crippen LogP contribution in [-0.4, -0.2) is 41.2 Å². The molecular weight excluding hydrogens is 534 g/mol. The zero-order chi connectivity index (χ0) is 29.1. The van der Waals surface area contributed by atoms with Crippen LogP contribution in [0.15, 0.2) is 60.0 Å².